The van der Waals surface area contributed by atoms with Crippen molar-refractivity contribution in [3.63, 3.8) is 0 Å². The number of nitrogens with one attached hydrogen (secondary N) is 2. The third-order valence-corrected chi connectivity index (χ3v) is 3.21. The van der Waals surface area contributed by atoms with Crippen molar-refractivity contribution in [3.8, 4) is 0 Å². The molecule has 0 saturated heterocycles. The first kappa shape index (κ1) is 16.7. The van der Waals surface area contributed by atoms with Crippen LogP contribution in [0.3, 0.4) is 0 Å². The topological polar surface area (TPSA) is 83.4 Å². The molecule has 7 heteroatoms. The van der Waals surface area contributed by atoms with Crippen molar-refractivity contribution < 1.29 is 9.90 Å². The Morgan fingerprint density at radius 1 is 1.50 bits per heavy atom. The largest absolute Gasteiger partial charge is 0.391 e. The number of aryl methyl sites for hydroxylation is 1. The summed E-state index contributed by atoms with van der Waals surface area (Å²) in [7, 11) is 1.60. The highest BCUT2D eigenvalue weighted by molar-refractivity contribution is 9.10. The zero-order valence-corrected chi connectivity index (χ0v) is 13.4. The van der Waals surface area contributed by atoms with Crippen molar-refractivity contribution >= 4 is 27.6 Å². The van der Waals surface area contributed by atoms with Gasteiger partial charge in [0.25, 0.3) is 5.56 Å². The molecule has 0 aliphatic carbocycles. The van der Waals surface area contributed by atoms with Gasteiger partial charge in [0.2, 0.25) is 0 Å². The van der Waals surface area contributed by atoms with Gasteiger partial charge in [-0.05, 0) is 34.3 Å². The van der Waals surface area contributed by atoms with E-state index >= 15 is 0 Å². The normalized spacial score (nSPS) is 12.3. The van der Waals surface area contributed by atoms with Crippen molar-refractivity contribution in [2.75, 3.05) is 11.9 Å². The predicted molar refractivity (Wildman–Crippen MR) is 81.9 cm³/mol. The summed E-state index contributed by atoms with van der Waals surface area (Å²) < 4.78 is 1.74. The van der Waals surface area contributed by atoms with Crippen LogP contribution < -0.4 is 16.2 Å². The lowest BCUT2D eigenvalue weighted by atomic mass is 10.1. The minimum absolute atomic E-state index is 0.177. The van der Waals surface area contributed by atoms with E-state index in [1.807, 2.05) is 13.8 Å². The molecule has 0 spiro atoms. The number of carbonyl (C=O) groups excluding carboxylic acids is 1. The molecule has 1 atom stereocenters. The molecule has 1 unspecified atom stereocenters. The van der Waals surface area contributed by atoms with Crippen molar-refractivity contribution in [1.29, 1.82) is 0 Å². The van der Waals surface area contributed by atoms with Crippen LogP contribution in [0.2, 0.25) is 0 Å². The molecule has 20 heavy (non-hydrogen) atoms. The molecule has 112 valence electrons. The third kappa shape index (κ3) is 5.34. The molecular weight excluding hydrogens is 326 g/mol. The maximum absolute atomic E-state index is 11.7. The monoisotopic (exact) mass is 345 g/mol. The molecule has 0 saturated carbocycles. The van der Waals surface area contributed by atoms with E-state index in [2.05, 4.69) is 26.6 Å². The van der Waals surface area contributed by atoms with Crippen molar-refractivity contribution in [1.82, 2.24) is 9.88 Å². The average molecular weight is 346 g/mol. The summed E-state index contributed by atoms with van der Waals surface area (Å²) in [5.74, 6) is 0.370. The molecule has 0 aliphatic rings. The van der Waals surface area contributed by atoms with Crippen LogP contribution in [0.5, 0.6) is 0 Å². The van der Waals surface area contributed by atoms with Gasteiger partial charge in [0.05, 0.1) is 16.3 Å². The molecule has 0 aliphatic heterocycles. The van der Waals surface area contributed by atoms with Gasteiger partial charge in [0.1, 0.15) is 0 Å². The van der Waals surface area contributed by atoms with E-state index in [9.17, 15) is 14.7 Å². The molecule has 1 aromatic rings. The minimum Gasteiger partial charge on any atom is -0.391 e. The van der Waals surface area contributed by atoms with Gasteiger partial charge in [-0.15, -0.1) is 0 Å². The molecule has 1 rings (SSSR count). The SMILES string of the molecule is CC(C)CC(O)CNC(=O)Nc1cc(Br)c(=O)n(C)c1. The first-order valence-electron chi connectivity index (χ1n) is 6.38. The number of rotatable bonds is 5. The van der Waals surface area contributed by atoms with E-state index in [4.69, 9.17) is 0 Å². The maximum atomic E-state index is 11.7. The van der Waals surface area contributed by atoms with Crippen LogP contribution in [0.25, 0.3) is 0 Å². The minimum atomic E-state index is -0.562. The molecule has 6 nitrogen and oxygen atoms in total. The summed E-state index contributed by atoms with van der Waals surface area (Å²) in [6.07, 6.45) is 1.59. The highest BCUT2D eigenvalue weighted by Gasteiger charge is 2.10. The van der Waals surface area contributed by atoms with E-state index in [1.54, 1.807) is 7.05 Å². The lowest BCUT2D eigenvalue weighted by Gasteiger charge is -2.14. The summed E-state index contributed by atoms with van der Waals surface area (Å²) in [5.41, 5.74) is 0.318. The number of hydrogen-bond donors (Lipinski definition) is 3. The van der Waals surface area contributed by atoms with Gasteiger partial charge in [0.15, 0.2) is 0 Å². The van der Waals surface area contributed by atoms with Gasteiger partial charge >= 0.3 is 6.03 Å². The molecule has 0 aromatic carbocycles. The van der Waals surface area contributed by atoms with E-state index in [0.29, 0.717) is 22.5 Å². The lowest BCUT2D eigenvalue weighted by molar-refractivity contribution is 0.148. The van der Waals surface area contributed by atoms with Gasteiger partial charge in [-0.1, -0.05) is 13.8 Å². The summed E-state index contributed by atoms with van der Waals surface area (Å²) in [5, 5.41) is 14.9. The number of aromatic nitrogens is 1. The van der Waals surface area contributed by atoms with Crippen LogP contribution in [0.1, 0.15) is 20.3 Å². The van der Waals surface area contributed by atoms with Crippen LogP contribution >= 0.6 is 15.9 Å². The second-order valence-electron chi connectivity index (χ2n) is 5.11. The molecule has 3 N–H and O–H groups in total. The third-order valence-electron chi connectivity index (χ3n) is 2.64. The molecular formula is C13H20BrN3O3. The van der Waals surface area contributed by atoms with E-state index in [0.717, 1.165) is 0 Å². The number of halogens is 1. The molecule has 0 bridgehead atoms. The Bertz CT molecular complexity index is 502. The fourth-order valence-corrected chi connectivity index (χ4v) is 2.28. The summed E-state index contributed by atoms with van der Waals surface area (Å²) in [6, 6.07) is 1.12. The van der Waals surface area contributed by atoms with Crippen LogP contribution in [-0.2, 0) is 7.05 Å². The Labute approximate surface area is 126 Å². The quantitative estimate of drug-likeness (QED) is 0.759. The van der Waals surface area contributed by atoms with Gasteiger partial charge in [-0.2, -0.15) is 0 Å². The van der Waals surface area contributed by atoms with Gasteiger partial charge < -0.3 is 20.3 Å². The zero-order valence-electron chi connectivity index (χ0n) is 11.8. The average Bonchev–Trinajstić information content (AvgIpc) is 2.32. The molecule has 0 fully saturated rings. The summed E-state index contributed by atoms with van der Waals surface area (Å²) in [4.78, 5) is 23.2. The number of aliphatic hydroxyl groups excluding tert-OH is 1. The number of hydrogen-bond acceptors (Lipinski definition) is 3. The van der Waals surface area contributed by atoms with Crippen molar-refractivity contribution in [3.05, 3.63) is 27.1 Å². The Hall–Kier alpha value is -1.34. The highest BCUT2D eigenvalue weighted by atomic mass is 79.9. The Morgan fingerprint density at radius 3 is 2.70 bits per heavy atom. The lowest BCUT2D eigenvalue weighted by Crippen LogP contribution is -2.36. The number of nitrogens with zero attached hydrogens (tertiary/aromatic N) is 1. The fraction of sp³-hybridized carbons (Fsp3) is 0.538. The van der Waals surface area contributed by atoms with E-state index < -0.39 is 12.1 Å². The standard InChI is InChI=1S/C13H20BrN3O3/c1-8(2)4-10(18)6-15-13(20)16-9-5-11(14)12(19)17(3)7-9/h5,7-8,10,18H,4,6H2,1-3H3,(H2,15,16,20). The zero-order chi connectivity index (χ0) is 15.3. The maximum Gasteiger partial charge on any atom is 0.319 e. The number of aliphatic hydroxyl groups is 1. The Kier molecular flexibility index (Phi) is 6.22. The highest BCUT2D eigenvalue weighted by Crippen LogP contribution is 2.11. The van der Waals surface area contributed by atoms with Crippen LogP contribution in [0.4, 0.5) is 10.5 Å². The first-order valence-corrected chi connectivity index (χ1v) is 7.18. The summed E-state index contributed by atoms with van der Waals surface area (Å²) in [6.45, 7) is 4.20. The van der Waals surface area contributed by atoms with Gasteiger partial charge in [-0.25, -0.2) is 4.79 Å². The fourth-order valence-electron chi connectivity index (χ4n) is 1.75. The second kappa shape index (κ2) is 7.44. The van der Waals surface area contributed by atoms with Crippen LogP contribution in [0, 0.1) is 5.92 Å². The smallest absolute Gasteiger partial charge is 0.319 e. The van der Waals surface area contributed by atoms with Crippen molar-refractivity contribution in [2.45, 2.75) is 26.4 Å². The van der Waals surface area contributed by atoms with E-state index in [1.165, 1.54) is 16.8 Å². The molecule has 1 heterocycles. The molecule has 2 amide bonds. The van der Waals surface area contributed by atoms with Crippen molar-refractivity contribution in [2.24, 2.45) is 13.0 Å². The molecule has 1 aromatic heterocycles. The van der Waals surface area contributed by atoms with Gasteiger partial charge in [0, 0.05) is 19.8 Å². The van der Waals surface area contributed by atoms with Crippen LogP contribution in [0.15, 0.2) is 21.5 Å². The number of urea groups is 1. The predicted octanol–water partition coefficient (Wildman–Crippen LogP) is 1.68. The number of pyridine rings is 1. The first-order chi connectivity index (χ1) is 9.29. The molecule has 0 radical (unpaired) electrons. The second-order valence-corrected chi connectivity index (χ2v) is 5.97. The number of carbonyl (C=O) groups is 1. The summed E-state index contributed by atoms with van der Waals surface area (Å²) >= 11 is 3.13. The van der Waals surface area contributed by atoms with Crippen LogP contribution in [-0.4, -0.2) is 28.4 Å². The Morgan fingerprint density at radius 2 is 2.15 bits per heavy atom. The number of amides is 2. The van der Waals surface area contributed by atoms with E-state index in [-0.39, 0.29) is 12.1 Å². The Balaban J connectivity index is 2.53. The van der Waals surface area contributed by atoms with Gasteiger partial charge in [-0.3, -0.25) is 4.79 Å². The number of anilines is 1.